The van der Waals surface area contributed by atoms with Crippen LogP contribution in [0.4, 0.5) is 5.95 Å². The van der Waals surface area contributed by atoms with Crippen molar-refractivity contribution in [2.75, 3.05) is 5.32 Å². The molecule has 0 fully saturated rings. The Kier molecular flexibility index (Phi) is 2.55. The van der Waals surface area contributed by atoms with Crippen LogP contribution >= 0.6 is 0 Å². The average Bonchev–Trinajstić information content (AvgIpc) is 2.65. The maximum atomic E-state index is 11.7. The van der Waals surface area contributed by atoms with Crippen LogP contribution in [-0.2, 0) is 7.05 Å². The predicted molar refractivity (Wildman–Crippen MR) is 57.1 cm³/mol. The Hall–Kier alpha value is -2.37. The summed E-state index contributed by atoms with van der Waals surface area (Å²) in [5.41, 5.74) is 0.445. The molecular weight excluding hydrogens is 208 g/mol. The van der Waals surface area contributed by atoms with Crippen molar-refractivity contribution in [1.29, 1.82) is 0 Å². The summed E-state index contributed by atoms with van der Waals surface area (Å²) < 4.78 is 1.46. The summed E-state index contributed by atoms with van der Waals surface area (Å²) in [7, 11) is 1.68. The molecule has 0 atom stereocenters. The van der Waals surface area contributed by atoms with Crippen molar-refractivity contribution in [3.63, 3.8) is 0 Å². The number of phenolic OH excluding ortho intramolecular Hbond substituents is 1. The third-order valence-electron chi connectivity index (χ3n) is 2.07. The molecule has 2 rings (SSSR count). The lowest BCUT2D eigenvalue weighted by atomic mass is 10.2. The van der Waals surface area contributed by atoms with E-state index in [2.05, 4.69) is 15.4 Å². The highest BCUT2D eigenvalue weighted by Crippen LogP contribution is 2.10. The van der Waals surface area contributed by atoms with Crippen molar-refractivity contribution in [2.45, 2.75) is 0 Å². The van der Waals surface area contributed by atoms with Crippen molar-refractivity contribution >= 4 is 11.9 Å². The minimum atomic E-state index is -0.295. The van der Waals surface area contributed by atoms with Crippen LogP contribution in [0.2, 0.25) is 0 Å². The molecule has 2 aromatic rings. The topological polar surface area (TPSA) is 80.0 Å². The van der Waals surface area contributed by atoms with Gasteiger partial charge in [-0.2, -0.15) is 10.1 Å². The number of benzene rings is 1. The van der Waals surface area contributed by atoms with E-state index in [1.807, 2.05) is 0 Å². The molecule has 6 heteroatoms. The molecule has 0 radical (unpaired) electrons. The molecule has 0 bridgehead atoms. The molecule has 0 aliphatic rings. The van der Waals surface area contributed by atoms with E-state index in [1.54, 1.807) is 7.05 Å². The lowest BCUT2D eigenvalue weighted by Gasteiger charge is -2.03. The fourth-order valence-corrected chi connectivity index (χ4v) is 1.20. The smallest absolute Gasteiger partial charge is 0.258 e. The average molecular weight is 218 g/mol. The maximum Gasteiger partial charge on any atom is 0.258 e. The summed E-state index contributed by atoms with van der Waals surface area (Å²) in [5, 5.41) is 15.5. The molecule has 1 aromatic heterocycles. The Morgan fingerprint density at radius 2 is 2.06 bits per heavy atom. The Morgan fingerprint density at radius 1 is 1.38 bits per heavy atom. The second-order valence-electron chi connectivity index (χ2n) is 3.21. The number of rotatable bonds is 2. The van der Waals surface area contributed by atoms with Gasteiger partial charge in [0.05, 0.1) is 0 Å². The second kappa shape index (κ2) is 4.01. The van der Waals surface area contributed by atoms with Crippen LogP contribution in [0.25, 0.3) is 0 Å². The third-order valence-corrected chi connectivity index (χ3v) is 2.07. The number of hydrogen-bond acceptors (Lipinski definition) is 4. The standard InChI is InChI=1S/C10H10N4O2/c1-14-10(11-6-12-14)13-9(16)7-2-4-8(15)5-3-7/h2-6,15H,1H3,(H,11,12,13,16). The monoisotopic (exact) mass is 218 g/mol. The van der Waals surface area contributed by atoms with Crippen LogP contribution in [0.5, 0.6) is 5.75 Å². The summed E-state index contributed by atoms with van der Waals surface area (Å²) >= 11 is 0. The predicted octanol–water partition coefficient (Wildman–Crippen LogP) is 0.773. The first kappa shape index (κ1) is 10.2. The van der Waals surface area contributed by atoms with Crippen LogP contribution in [0.3, 0.4) is 0 Å². The molecular formula is C10H10N4O2. The first-order valence-electron chi connectivity index (χ1n) is 4.61. The molecule has 6 nitrogen and oxygen atoms in total. The summed E-state index contributed by atoms with van der Waals surface area (Å²) in [6.45, 7) is 0. The van der Waals surface area contributed by atoms with Crippen LogP contribution in [-0.4, -0.2) is 25.8 Å². The van der Waals surface area contributed by atoms with E-state index in [-0.39, 0.29) is 11.7 Å². The number of carbonyl (C=O) groups excluding carboxylic acids is 1. The molecule has 0 aliphatic carbocycles. The SMILES string of the molecule is Cn1ncnc1NC(=O)c1ccc(O)cc1. The van der Waals surface area contributed by atoms with E-state index in [0.717, 1.165) is 0 Å². The number of phenols is 1. The molecule has 0 unspecified atom stereocenters. The number of nitrogens with one attached hydrogen (secondary N) is 1. The summed E-state index contributed by atoms with van der Waals surface area (Å²) in [6.07, 6.45) is 1.35. The Bertz CT molecular complexity index is 504. The zero-order valence-corrected chi connectivity index (χ0v) is 8.58. The number of aromatic nitrogens is 3. The van der Waals surface area contributed by atoms with Gasteiger partial charge < -0.3 is 5.11 Å². The van der Waals surface area contributed by atoms with Crippen LogP contribution in [0.1, 0.15) is 10.4 Å². The number of anilines is 1. The molecule has 0 spiro atoms. The molecule has 82 valence electrons. The Morgan fingerprint density at radius 3 is 2.62 bits per heavy atom. The van der Waals surface area contributed by atoms with Crippen molar-refractivity contribution in [3.05, 3.63) is 36.2 Å². The molecule has 2 N–H and O–H groups in total. The van der Waals surface area contributed by atoms with E-state index in [0.29, 0.717) is 11.5 Å². The largest absolute Gasteiger partial charge is 0.508 e. The van der Waals surface area contributed by atoms with Gasteiger partial charge in [0.25, 0.3) is 5.91 Å². The van der Waals surface area contributed by atoms with Crippen LogP contribution in [0, 0.1) is 0 Å². The summed E-state index contributed by atoms with van der Waals surface area (Å²) in [6, 6.07) is 5.96. The van der Waals surface area contributed by atoms with Gasteiger partial charge in [-0.05, 0) is 24.3 Å². The quantitative estimate of drug-likeness (QED) is 0.780. The normalized spacial score (nSPS) is 10.1. The lowest BCUT2D eigenvalue weighted by Crippen LogP contribution is -2.15. The number of carbonyl (C=O) groups is 1. The number of aryl methyl sites for hydroxylation is 1. The van der Waals surface area contributed by atoms with E-state index in [4.69, 9.17) is 5.11 Å². The van der Waals surface area contributed by atoms with Crippen LogP contribution in [0.15, 0.2) is 30.6 Å². The molecule has 1 aromatic carbocycles. The maximum absolute atomic E-state index is 11.7. The number of nitrogens with zero attached hydrogens (tertiary/aromatic N) is 3. The molecule has 16 heavy (non-hydrogen) atoms. The van der Waals surface area contributed by atoms with Gasteiger partial charge in [0.2, 0.25) is 5.95 Å². The number of hydrogen-bond donors (Lipinski definition) is 2. The minimum Gasteiger partial charge on any atom is -0.508 e. The van der Waals surface area contributed by atoms with Gasteiger partial charge in [0.15, 0.2) is 0 Å². The van der Waals surface area contributed by atoms with Crippen molar-refractivity contribution in [3.8, 4) is 5.75 Å². The van der Waals surface area contributed by atoms with E-state index in [1.165, 1.54) is 35.3 Å². The highest BCUT2D eigenvalue weighted by Gasteiger charge is 2.08. The highest BCUT2D eigenvalue weighted by atomic mass is 16.3. The van der Waals surface area contributed by atoms with Crippen molar-refractivity contribution in [1.82, 2.24) is 14.8 Å². The van der Waals surface area contributed by atoms with Gasteiger partial charge in [-0.15, -0.1) is 0 Å². The van der Waals surface area contributed by atoms with E-state index < -0.39 is 0 Å². The minimum absolute atomic E-state index is 0.121. The molecule has 1 amide bonds. The van der Waals surface area contributed by atoms with Crippen molar-refractivity contribution in [2.24, 2.45) is 7.05 Å². The lowest BCUT2D eigenvalue weighted by molar-refractivity contribution is 0.102. The fourth-order valence-electron chi connectivity index (χ4n) is 1.20. The van der Waals surface area contributed by atoms with Gasteiger partial charge >= 0.3 is 0 Å². The van der Waals surface area contributed by atoms with Crippen LogP contribution < -0.4 is 5.32 Å². The van der Waals surface area contributed by atoms with Gasteiger partial charge in [-0.25, -0.2) is 4.68 Å². The number of amides is 1. The second-order valence-corrected chi connectivity index (χ2v) is 3.21. The van der Waals surface area contributed by atoms with Gasteiger partial charge in [0.1, 0.15) is 12.1 Å². The fraction of sp³-hybridized carbons (Fsp3) is 0.100. The summed E-state index contributed by atoms with van der Waals surface area (Å²) in [4.78, 5) is 15.6. The Labute approximate surface area is 91.6 Å². The first-order chi connectivity index (χ1) is 7.66. The zero-order chi connectivity index (χ0) is 11.5. The number of aromatic hydroxyl groups is 1. The van der Waals surface area contributed by atoms with Gasteiger partial charge in [-0.3, -0.25) is 10.1 Å². The van der Waals surface area contributed by atoms with Gasteiger partial charge in [-0.1, -0.05) is 0 Å². The van der Waals surface area contributed by atoms with Crippen molar-refractivity contribution < 1.29 is 9.90 Å². The Balaban J connectivity index is 2.15. The highest BCUT2D eigenvalue weighted by molar-refractivity contribution is 6.03. The summed E-state index contributed by atoms with van der Waals surface area (Å²) in [5.74, 6) is 0.199. The molecule has 0 saturated carbocycles. The first-order valence-corrected chi connectivity index (χ1v) is 4.61. The van der Waals surface area contributed by atoms with E-state index in [9.17, 15) is 4.79 Å². The third kappa shape index (κ3) is 2.00. The molecule has 1 heterocycles. The zero-order valence-electron chi connectivity index (χ0n) is 8.58. The van der Waals surface area contributed by atoms with Gasteiger partial charge in [0, 0.05) is 12.6 Å². The van der Waals surface area contributed by atoms with E-state index >= 15 is 0 Å². The molecule has 0 aliphatic heterocycles. The molecule has 0 saturated heterocycles.